The molecule has 0 bridgehead atoms. The Kier molecular flexibility index (Phi) is 7.62. The van der Waals surface area contributed by atoms with E-state index in [-0.39, 0.29) is 21.9 Å². The topological polar surface area (TPSA) is 66.9 Å². The first-order valence-corrected chi connectivity index (χ1v) is 12.4. The SMILES string of the molecule is CCN(CC)S(=O)(=O)c1cc(C(=O)N2CCCC2Cc2cccc(OC)c2)ccc1Cl. The summed E-state index contributed by atoms with van der Waals surface area (Å²) in [5, 5.41) is 0.123. The Labute approximate surface area is 189 Å². The second-order valence-corrected chi connectivity index (χ2v) is 9.90. The van der Waals surface area contributed by atoms with Crippen LogP contribution in [0.3, 0.4) is 0 Å². The Hall–Kier alpha value is -2.09. The number of carbonyl (C=O) groups excluding carboxylic acids is 1. The van der Waals surface area contributed by atoms with Gasteiger partial charge in [-0.25, -0.2) is 8.42 Å². The Bertz CT molecular complexity index is 1040. The number of halogens is 1. The van der Waals surface area contributed by atoms with Crippen LogP contribution in [0, 0.1) is 0 Å². The van der Waals surface area contributed by atoms with Gasteiger partial charge >= 0.3 is 0 Å². The van der Waals surface area contributed by atoms with Crippen molar-refractivity contribution in [3.05, 3.63) is 58.6 Å². The highest BCUT2D eigenvalue weighted by Gasteiger charge is 2.31. The highest BCUT2D eigenvalue weighted by Crippen LogP contribution is 2.29. The zero-order valence-corrected chi connectivity index (χ0v) is 19.7. The minimum Gasteiger partial charge on any atom is -0.497 e. The molecule has 1 unspecified atom stereocenters. The summed E-state index contributed by atoms with van der Waals surface area (Å²) in [5.41, 5.74) is 1.44. The smallest absolute Gasteiger partial charge is 0.254 e. The number of hydrogen-bond acceptors (Lipinski definition) is 4. The van der Waals surface area contributed by atoms with Gasteiger partial charge in [0.1, 0.15) is 10.6 Å². The molecule has 1 heterocycles. The largest absolute Gasteiger partial charge is 0.497 e. The average molecular weight is 465 g/mol. The number of sulfonamides is 1. The van der Waals surface area contributed by atoms with Crippen molar-refractivity contribution in [2.24, 2.45) is 0 Å². The van der Waals surface area contributed by atoms with Gasteiger partial charge in [-0.2, -0.15) is 4.31 Å². The average Bonchev–Trinajstić information content (AvgIpc) is 3.22. The van der Waals surface area contributed by atoms with E-state index in [4.69, 9.17) is 16.3 Å². The molecule has 0 aromatic heterocycles. The van der Waals surface area contributed by atoms with Crippen molar-refractivity contribution in [2.75, 3.05) is 26.7 Å². The molecule has 1 amide bonds. The van der Waals surface area contributed by atoms with Crippen molar-refractivity contribution in [1.82, 2.24) is 9.21 Å². The van der Waals surface area contributed by atoms with Crippen LogP contribution in [0.25, 0.3) is 0 Å². The van der Waals surface area contributed by atoms with Gasteiger partial charge in [-0.05, 0) is 55.2 Å². The van der Waals surface area contributed by atoms with E-state index in [0.29, 0.717) is 25.2 Å². The molecular formula is C23H29ClN2O4S. The maximum absolute atomic E-state index is 13.3. The summed E-state index contributed by atoms with van der Waals surface area (Å²) < 4.78 is 32.6. The lowest BCUT2D eigenvalue weighted by atomic mass is 10.0. The van der Waals surface area contributed by atoms with E-state index in [2.05, 4.69) is 0 Å². The van der Waals surface area contributed by atoms with E-state index in [0.717, 1.165) is 30.6 Å². The molecule has 6 nitrogen and oxygen atoms in total. The van der Waals surface area contributed by atoms with Crippen molar-refractivity contribution >= 4 is 27.5 Å². The number of rotatable bonds is 8. The second-order valence-electron chi connectivity index (χ2n) is 7.58. The van der Waals surface area contributed by atoms with E-state index >= 15 is 0 Å². The van der Waals surface area contributed by atoms with Crippen molar-refractivity contribution in [1.29, 1.82) is 0 Å². The third-order valence-electron chi connectivity index (χ3n) is 5.74. The van der Waals surface area contributed by atoms with Crippen LogP contribution in [0.2, 0.25) is 5.02 Å². The fourth-order valence-electron chi connectivity index (χ4n) is 4.09. The first-order chi connectivity index (χ1) is 14.8. The quantitative estimate of drug-likeness (QED) is 0.586. The first-order valence-electron chi connectivity index (χ1n) is 10.5. The van der Waals surface area contributed by atoms with Crippen LogP contribution >= 0.6 is 11.6 Å². The maximum Gasteiger partial charge on any atom is 0.254 e. The molecule has 2 aromatic carbocycles. The minimum absolute atomic E-state index is 0.0211. The van der Waals surface area contributed by atoms with Gasteiger partial charge in [0.2, 0.25) is 10.0 Å². The van der Waals surface area contributed by atoms with Gasteiger partial charge in [0.15, 0.2) is 0 Å². The fraction of sp³-hybridized carbons (Fsp3) is 0.435. The van der Waals surface area contributed by atoms with E-state index in [9.17, 15) is 13.2 Å². The summed E-state index contributed by atoms with van der Waals surface area (Å²) >= 11 is 6.23. The number of methoxy groups -OCH3 is 1. The lowest BCUT2D eigenvalue weighted by Crippen LogP contribution is -2.37. The summed E-state index contributed by atoms with van der Waals surface area (Å²) in [4.78, 5) is 15.1. The molecule has 8 heteroatoms. The predicted octanol–water partition coefficient (Wildman–Crippen LogP) is 4.23. The van der Waals surface area contributed by atoms with Gasteiger partial charge in [0, 0.05) is 31.2 Å². The maximum atomic E-state index is 13.3. The summed E-state index contributed by atoms with van der Waals surface area (Å²) in [6.07, 6.45) is 2.54. The van der Waals surface area contributed by atoms with Crippen LogP contribution in [-0.2, 0) is 16.4 Å². The molecule has 1 aliphatic heterocycles. The first kappa shape index (κ1) is 23.6. The van der Waals surface area contributed by atoms with Gasteiger partial charge < -0.3 is 9.64 Å². The van der Waals surface area contributed by atoms with Crippen molar-refractivity contribution in [3.63, 3.8) is 0 Å². The van der Waals surface area contributed by atoms with Gasteiger partial charge in [0.25, 0.3) is 5.91 Å². The highest BCUT2D eigenvalue weighted by molar-refractivity contribution is 7.89. The molecule has 1 fully saturated rings. The lowest BCUT2D eigenvalue weighted by Gasteiger charge is -2.26. The number of likely N-dealkylation sites (tertiary alicyclic amines) is 1. The van der Waals surface area contributed by atoms with Gasteiger partial charge in [-0.3, -0.25) is 4.79 Å². The van der Waals surface area contributed by atoms with Crippen LogP contribution in [0.1, 0.15) is 42.6 Å². The fourth-order valence-corrected chi connectivity index (χ4v) is 6.05. The molecule has 3 rings (SSSR count). The number of amides is 1. The number of benzene rings is 2. The van der Waals surface area contributed by atoms with Crippen LogP contribution in [0.4, 0.5) is 0 Å². The molecule has 0 aliphatic carbocycles. The van der Waals surface area contributed by atoms with Gasteiger partial charge in [-0.15, -0.1) is 0 Å². The third-order valence-corrected chi connectivity index (χ3v) is 8.28. The molecule has 0 spiro atoms. The molecule has 1 saturated heterocycles. The molecule has 1 atom stereocenters. The molecule has 0 N–H and O–H groups in total. The monoisotopic (exact) mass is 464 g/mol. The van der Waals surface area contributed by atoms with Gasteiger partial charge in [0.05, 0.1) is 12.1 Å². The Morgan fingerprint density at radius 2 is 1.94 bits per heavy atom. The summed E-state index contributed by atoms with van der Waals surface area (Å²) in [5.74, 6) is 0.621. The van der Waals surface area contributed by atoms with E-state index in [1.54, 1.807) is 27.0 Å². The van der Waals surface area contributed by atoms with Crippen molar-refractivity contribution < 1.29 is 17.9 Å². The van der Waals surface area contributed by atoms with E-state index in [1.807, 2.05) is 29.2 Å². The van der Waals surface area contributed by atoms with E-state index in [1.165, 1.54) is 16.4 Å². The van der Waals surface area contributed by atoms with Crippen molar-refractivity contribution in [2.45, 2.75) is 44.0 Å². The summed E-state index contributed by atoms with van der Waals surface area (Å²) in [6, 6.07) is 12.4. The van der Waals surface area contributed by atoms with Crippen LogP contribution in [0.15, 0.2) is 47.4 Å². The molecule has 1 aliphatic rings. The van der Waals surface area contributed by atoms with Crippen LogP contribution in [-0.4, -0.2) is 56.3 Å². The normalized spacial score (nSPS) is 16.7. The Balaban J connectivity index is 1.86. The summed E-state index contributed by atoms with van der Waals surface area (Å²) in [7, 11) is -2.13. The second kappa shape index (κ2) is 10.0. The molecule has 31 heavy (non-hydrogen) atoms. The predicted molar refractivity (Wildman–Crippen MR) is 122 cm³/mol. The third kappa shape index (κ3) is 5.05. The van der Waals surface area contributed by atoms with Crippen LogP contribution < -0.4 is 4.74 Å². The molecule has 0 saturated carbocycles. The van der Waals surface area contributed by atoms with E-state index < -0.39 is 10.0 Å². The van der Waals surface area contributed by atoms with Crippen LogP contribution in [0.5, 0.6) is 5.75 Å². The minimum atomic E-state index is -3.76. The van der Waals surface area contributed by atoms with Crippen molar-refractivity contribution in [3.8, 4) is 5.75 Å². The molecular weight excluding hydrogens is 436 g/mol. The Morgan fingerprint density at radius 3 is 2.61 bits per heavy atom. The number of nitrogens with zero attached hydrogens (tertiary/aromatic N) is 2. The molecule has 0 radical (unpaired) electrons. The Morgan fingerprint density at radius 1 is 1.19 bits per heavy atom. The number of hydrogen-bond donors (Lipinski definition) is 0. The van der Waals surface area contributed by atoms with Gasteiger partial charge in [-0.1, -0.05) is 37.6 Å². The molecule has 168 valence electrons. The standard InChI is InChI=1S/C23H29ClN2O4S/c1-4-25(5-2)31(28,29)22-16-18(11-12-21(22)24)23(27)26-13-7-9-19(26)14-17-8-6-10-20(15-17)30-3/h6,8,10-12,15-16,19H,4-5,7,9,13-14H2,1-3H3. The zero-order valence-electron chi connectivity index (χ0n) is 18.2. The highest BCUT2D eigenvalue weighted by atomic mass is 35.5. The number of carbonyl (C=O) groups is 1. The molecule has 2 aromatic rings. The zero-order chi connectivity index (χ0) is 22.6. The number of ether oxygens (including phenoxy) is 1. The lowest BCUT2D eigenvalue weighted by molar-refractivity contribution is 0.0736. The summed E-state index contributed by atoms with van der Waals surface area (Å²) in [6.45, 7) is 4.87.